The molecule has 0 radical (unpaired) electrons. The number of rotatable bonds is 3. The van der Waals surface area contributed by atoms with Gasteiger partial charge in [-0.1, -0.05) is 6.07 Å². The third-order valence-corrected chi connectivity index (χ3v) is 4.62. The fourth-order valence-corrected chi connectivity index (χ4v) is 3.03. The Labute approximate surface area is 127 Å². The van der Waals surface area contributed by atoms with E-state index in [1.54, 1.807) is 29.4 Å². The van der Waals surface area contributed by atoms with Crippen molar-refractivity contribution in [2.24, 2.45) is 0 Å². The van der Waals surface area contributed by atoms with E-state index >= 15 is 0 Å². The van der Waals surface area contributed by atoms with Gasteiger partial charge in [-0.2, -0.15) is 0 Å². The Morgan fingerprint density at radius 3 is 2.90 bits per heavy atom. The average Bonchev–Trinajstić information content (AvgIpc) is 3.13. The Balaban J connectivity index is 1.89. The molecule has 0 fully saturated rings. The van der Waals surface area contributed by atoms with Crippen LogP contribution in [-0.2, 0) is 0 Å². The van der Waals surface area contributed by atoms with Crippen LogP contribution in [0, 0.1) is 6.92 Å². The Morgan fingerprint density at radius 1 is 1.38 bits per heavy atom. The number of aryl methyl sites for hydroxylation is 1. The Bertz CT molecular complexity index is 777. The zero-order valence-electron chi connectivity index (χ0n) is 12.2. The maximum absolute atomic E-state index is 12.5. The Hall–Kier alpha value is -2.14. The van der Waals surface area contributed by atoms with Crippen molar-refractivity contribution in [2.45, 2.75) is 19.9 Å². The number of hydrogen-bond acceptors (Lipinski definition) is 4. The van der Waals surface area contributed by atoms with Gasteiger partial charge in [0.1, 0.15) is 5.52 Å². The number of pyridine rings is 1. The largest absolute Gasteiger partial charge is 0.449 e. The van der Waals surface area contributed by atoms with Crippen molar-refractivity contribution in [3.8, 4) is 0 Å². The molecule has 1 atom stereocenters. The van der Waals surface area contributed by atoms with E-state index in [1.807, 2.05) is 43.5 Å². The van der Waals surface area contributed by atoms with E-state index in [1.165, 1.54) is 0 Å². The molecular formula is C16H16N2O2S. The molecule has 0 saturated heterocycles. The molecule has 1 amide bonds. The molecule has 0 saturated carbocycles. The normalized spacial score (nSPS) is 12.5. The number of thiophene rings is 1. The summed E-state index contributed by atoms with van der Waals surface area (Å²) in [7, 11) is 1.79. The van der Waals surface area contributed by atoms with Gasteiger partial charge in [-0.25, -0.2) is 4.98 Å². The van der Waals surface area contributed by atoms with E-state index in [0.717, 1.165) is 16.1 Å². The summed E-state index contributed by atoms with van der Waals surface area (Å²) < 4.78 is 5.62. The summed E-state index contributed by atoms with van der Waals surface area (Å²) in [5.74, 6) is 0.195. The summed E-state index contributed by atoms with van der Waals surface area (Å²) in [6.45, 7) is 3.92. The summed E-state index contributed by atoms with van der Waals surface area (Å²) in [4.78, 5) is 19.8. The number of carbonyl (C=O) groups excluding carboxylic acids is 1. The van der Waals surface area contributed by atoms with Crippen molar-refractivity contribution in [1.29, 1.82) is 0 Å². The van der Waals surface area contributed by atoms with Crippen LogP contribution < -0.4 is 0 Å². The van der Waals surface area contributed by atoms with Crippen molar-refractivity contribution in [3.05, 3.63) is 52.0 Å². The fraction of sp³-hybridized carbons (Fsp3) is 0.250. The van der Waals surface area contributed by atoms with Crippen LogP contribution in [0.4, 0.5) is 0 Å². The minimum Gasteiger partial charge on any atom is -0.449 e. The monoisotopic (exact) mass is 300 g/mol. The molecule has 21 heavy (non-hydrogen) atoms. The highest BCUT2D eigenvalue weighted by molar-refractivity contribution is 7.10. The number of carbonyl (C=O) groups is 1. The predicted octanol–water partition coefficient (Wildman–Crippen LogP) is 4.03. The molecule has 4 nitrogen and oxygen atoms in total. The standard InChI is InChI=1S/C16H16N2O2S/c1-10-6-7-13-12(17-10)9-14(20-13)16(19)18(3)11(2)15-5-4-8-21-15/h4-9,11H,1-3H3/t11-/m0/s1. The fourth-order valence-electron chi connectivity index (χ4n) is 2.20. The third kappa shape index (κ3) is 2.56. The van der Waals surface area contributed by atoms with E-state index in [-0.39, 0.29) is 11.9 Å². The lowest BCUT2D eigenvalue weighted by molar-refractivity contribution is 0.0715. The molecule has 3 rings (SSSR count). The molecule has 0 aliphatic rings. The number of furan rings is 1. The van der Waals surface area contributed by atoms with E-state index in [4.69, 9.17) is 4.42 Å². The van der Waals surface area contributed by atoms with Gasteiger partial charge in [0.05, 0.1) is 6.04 Å². The number of amides is 1. The van der Waals surface area contributed by atoms with Gasteiger partial charge in [-0.05, 0) is 37.4 Å². The zero-order valence-corrected chi connectivity index (χ0v) is 13.0. The van der Waals surface area contributed by atoms with Crippen LogP contribution in [-0.4, -0.2) is 22.8 Å². The van der Waals surface area contributed by atoms with E-state index in [9.17, 15) is 4.79 Å². The van der Waals surface area contributed by atoms with Crippen LogP contribution in [0.2, 0.25) is 0 Å². The summed E-state index contributed by atoms with van der Waals surface area (Å²) in [5, 5.41) is 2.01. The van der Waals surface area contributed by atoms with E-state index < -0.39 is 0 Å². The van der Waals surface area contributed by atoms with Gasteiger partial charge in [-0.15, -0.1) is 11.3 Å². The van der Waals surface area contributed by atoms with E-state index in [0.29, 0.717) is 11.3 Å². The molecule has 108 valence electrons. The molecule has 0 spiro atoms. The molecule has 5 heteroatoms. The van der Waals surface area contributed by atoms with Gasteiger partial charge in [0.25, 0.3) is 5.91 Å². The predicted molar refractivity (Wildman–Crippen MR) is 83.6 cm³/mol. The van der Waals surface area contributed by atoms with Gasteiger partial charge in [0, 0.05) is 23.7 Å². The molecule has 0 aliphatic carbocycles. The second kappa shape index (κ2) is 5.33. The summed E-state index contributed by atoms with van der Waals surface area (Å²) in [6, 6.07) is 9.46. The summed E-state index contributed by atoms with van der Waals surface area (Å²) in [6.07, 6.45) is 0. The quantitative estimate of drug-likeness (QED) is 0.733. The minimum atomic E-state index is -0.133. The highest BCUT2D eigenvalue weighted by Gasteiger charge is 2.22. The lowest BCUT2D eigenvalue weighted by Gasteiger charge is -2.22. The molecule has 0 aromatic carbocycles. The maximum atomic E-state index is 12.5. The zero-order chi connectivity index (χ0) is 15.0. The average molecular weight is 300 g/mol. The highest BCUT2D eigenvalue weighted by atomic mass is 32.1. The van der Waals surface area contributed by atoms with E-state index in [2.05, 4.69) is 4.98 Å². The van der Waals surface area contributed by atoms with Crippen LogP contribution in [0.5, 0.6) is 0 Å². The van der Waals surface area contributed by atoms with Crippen LogP contribution >= 0.6 is 11.3 Å². The Morgan fingerprint density at radius 2 is 2.19 bits per heavy atom. The highest BCUT2D eigenvalue weighted by Crippen LogP contribution is 2.26. The van der Waals surface area contributed by atoms with Gasteiger partial charge in [-0.3, -0.25) is 4.79 Å². The number of aromatic nitrogens is 1. The number of fused-ring (bicyclic) bond motifs is 1. The first kappa shape index (κ1) is 13.8. The Kier molecular flexibility index (Phi) is 3.51. The lowest BCUT2D eigenvalue weighted by atomic mass is 10.2. The second-order valence-electron chi connectivity index (χ2n) is 5.05. The van der Waals surface area contributed by atoms with Gasteiger partial charge in [0.15, 0.2) is 11.3 Å². The second-order valence-corrected chi connectivity index (χ2v) is 6.03. The minimum absolute atomic E-state index is 0.0143. The maximum Gasteiger partial charge on any atom is 0.289 e. The van der Waals surface area contributed by atoms with Crippen LogP contribution in [0.25, 0.3) is 11.1 Å². The van der Waals surface area contributed by atoms with Crippen molar-refractivity contribution < 1.29 is 9.21 Å². The number of hydrogen-bond donors (Lipinski definition) is 0. The molecular weight excluding hydrogens is 284 g/mol. The van der Waals surface area contributed by atoms with Crippen molar-refractivity contribution in [1.82, 2.24) is 9.88 Å². The van der Waals surface area contributed by atoms with Crippen molar-refractivity contribution in [3.63, 3.8) is 0 Å². The third-order valence-electron chi connectivity index (χ3n) is 3.58. The van der Waals surface area contributed by atoms with Crippen LogP contribution in [0.3, 0.4) is 0 Å². The molecule has 0 aliphatic heterocycles. The smallest absolute Gasteiger partial charge is 0.289 e. The first-order valence-electron chi connectivity index (χ1n) is 6.74. The van der Waals surface area contributed by atoms with Crippen molar-refractivity contribution in [2.75, 3.05) is 7.05 Å². The first-order valence-corrected chi connectivity index (χ1v) is 7.62. The number of nitrogens with zero attached hydrogens (tertiary/aromatic N) is 2. The van der Waals surface area contributed by atoms with Gasteiger partial charge >= 0.3 is 0 Å². The topological polar surface area (TPSA) is 46.3 Å². The van der Waals surface area contributed by atoms with Gasteiger partial charge < -0.3 is 9.32 Å². The summed E-state index contributed by atoms with van der Waals surface area (Å²) in [5.41, 5.74) is 2.26. The lowest BCUT2D eigenvalue weighted by Crippen LogP contribution is -2.28. The molecule has 3 heterocycles. The SMILES string of the molecule is Cc1ccc2oc(C(=O)N(C)[C@@H](C)c3cccs3)cc2n1. The molecule has 3 aromatic rings. The molecule has 0 unspecified atom stereocenters. The molecule has 0 bridgehead atoms. The van der Waals surface area contributed by atoms with Crippen LogP contribution in [0.15, 0.2) is 40.1 Å². The van der Waals surface area contributed by atoms with Crippen molar-refractivity contribution >= 4 is 28.3 Å². The molecule has 3 aromatic heterocycles. The van der Waals surface area contributed by atoms with Crippen LogP contribution in [0.1, 0.15) is 34.1 Å². The first-order chi connectivity index (χ1) is 10.1. The molecule has 0 N–H and O–H groups in total. The summed E-state index contributed by atoms with van der Waals surface area (Å²) >= 11 is 1.64. The van der Waals surface area contributed by atoms with Gasteiger partial charge in [0.2, 0.25) is 0 Å².